The van der Waals surface area contributed by atoms with E-state index >= 15 is 0 Å². The zero-order valence-electron chi connectivity index (χ0n) is 14.3. The lowest BCUT2D eigenvalue weighted by molar-refractivity contribution is 0.0953. The fraction of sp³-hybridized carbons (Fsp3) is 0.316. The third-order valence-corrected chi connectivity index (χ3v) is 3.92. The highest BCUT2D eigenvalue weighted by Gasteiger charge is 2.12. The second-order valence-corrected chi connectivity index (χ2v) is 5.59. The number of fused-ring (bicyclic) bond motifs is 1. The Morgan fingerprint density at radius 2 is 1.68 bits per heavy atom. The van der Waals surface area contributed by atoms with Crippen molar-refractivity contribution in [3.8, 4) is 23.0 Å². The third-order valence-electron chi connectivity index (χ3n) is 3.92. The van der Waals surface area contributed by atoms with E-state index in [1.807, 2.05) is 18.2 Å². The molecular formula is C19H21NO5. The van der Waals surface area contributed by atoms with Crippen LogP contribution in [0.15, 0.2) is 36.4 Å². The van der Waals surface area contributed by atoms with Crippen molar-refractivity contribution in [1.29, 1.82) is 0 Å². The highest BCUT2D eigenvalue weighted by atomic mass is 16.6. The Morgan fingerprint density at radius 3 is 2.36 bits per heavy atom. The second kappa shape index (κ2) is 7.79. The molecule has 132 valence electrons. The zero-order chi connectivity index (χ0) is 17.6. The predicted molar refractivity (Wildman–Crippen MR) is 93.0 cm³/mol. The monoisotopic (exact) mass is 343 g/mol. The van der Waals surface area contributed by atoms with Gasteiger partial charge in [-0.3, -0.25) is 4.79 Å². The number of amides is 1. The first-order valence-corrected chi connectivity index (χ1v) is 8.09. The van der Waals surface area contributed by atoms with Crippen molar-refractivity contribution in [1.82, 2.24) is 5.32 Å². The Morgan fingerprint density at radius 1 is 1.00 bits per heavy atom. The lowest BCUT2D eigenvalue weighted by Gasteiger charge is -2.18. The van der Waals surface area contributed by atoms with Crippen LogP contribution in [0.25, 0.3) is 0 Å². The third kappa shape index (κ3) is 4.15. The van der Waals surface area contributed by atoms with Gasteiger partial charge in [0.25, 0.3) is 5.91 Å². The maximum atomic E-state index is 12.3. The molecule has 25 heavy (non-hydrogen) atoms. The molecule has 3 rings (SSSR count). The summed E-state index contributed by atoms with van der Waals surface area (Å²) in [5, 5.41) is 2.91. The van der Waals surface area contributed by atoms with Crippen LogP contribution >= 0.6 is 0 Å². The summed E-state index contributed by atoms with van der Waals surface area (Å²) in [4.78, 5) is 12.3. The molecule has 6 nitrogen and oxygen atoms in total. The molecule has 2 aromatic rings. The number of hydrogen-bond donors (Lipinski definition) is 1. The Hall–Kier alpha value is -2.89. The van der Waals surface area contributed by atoms with E-state index in [0.717, 1.165) is 17.1 Å². The lowest BCUT2D eigenvalue weighted by Crippen LogP contribution is -2.25. The highest BCUT2D eigenvalue weighted by molar-refractivity contribution is 5.95. The maximum Gasteiger partial charge on any atom is 0.251 e. The van der Waals surface area contributed by atoms with Crippen LogP contribution in [0.2, 0.25) is 0 Å². The van der Waals surface area contributed by atoms with Gasteiger partial charge in [0.2, 0.25) is 0 Å². The SMILES string of the molecule is COc1cc(OC)cc(C(=O)NCCc2ccc3c(c2)OCCO3)c1. The van der Waals surface area contributed by atoms with Crippen molar-refractivity contribution in [2.45, 2.75) is 6.42 Å². The van der Waals surface area contributed by atoms with Crippen LogP contribution in [0.4, 0.5) is 0 Å². The molecule has 1 N–H and O–H groups in total. The lowest BCUT2D eigenvalue weighted by atomic mass is 10.1. The molecule has 2 aromatic carbocycles. The van der Waals surface area contributed by atoms with Gasteiger partial charge in [-0.05, 0) is 36.2 Å². The van der Waals surface area contributed by atoms with Crippen LogP contribution in [-0.2, 0) is 6.42 Å². The van der Waals surface area contributed by atoms with Crippen LogP contribution in [0.3, 0.4) is 0 Å². The molecule has 0 atom stereocenters. The van der Waals surface area contributed by atoms with E-state index in [4.69, 9.17) is 18.9 Å². The molecule has 1 aliphatic rings. The summed E-state index contributed by atoms with van der Waals surface area (Å²) >= 11 is 0. The number of methoxy groups -OCH3 is 2. The second-order valence-electron chi connectivity index (χ2n) is 5.59. The van der Waals surface area contributed by atoms with Gasteiger partial charge in [-0.15, -0.1) is 0 Å². The standard InChI is InChI=1S/C19H21NO5/c1-22-15-10-14(11-16(12-15)23-2)19(21)20-6-5-13-3-4-17-18(9-13)25-8-7-24-17/h3-4,9-12H,5-8H2,1-2H3,(H,20,21). The minimum atomic E-state index is -0.172. The summed E-state index contributed by atoms with van der Waals surface area (Å²) in [6, 6.07) is 10.9. The normalized spacial score (nSPS) is 12.4. The summed E-state index contributed by atoms with van der Waals surface area (Å²) in [5.41, 5.74) is 1.58. The fourth-order valence-electron chi connectivity index (χ4n) is 2.60. The molecule has 1 aliphatic heterocycles. The average molecular weight is 343 g/mol. The van der Waals surface area contributed by atoms with Crippen molar-refractivity contribution >= 4 is 5.91 Å². The molecule has 1 heterocycles. The summed E-state index contributed by atoms with van der Waals surface area (Å²) in [6.07, 6.45) is 0.698. The van der Waals surface area contributed by atoms with Crippen molar-refractivity contribution in [2.75, 3.05) is 34.0 Å². The molecule has 0 saturated carbocycles. The number of carbonyl (C=O) groups is 1. The van der Waals surface area contributed by atoms with Crippen LogP contribution in [0, 0.1) is 0 Å². The van der Waals surface area contributed by atoms with Crippen molar-refractivity contribution < 1.29 is 23.7 Å². The van der Waals surface area contributed by atoms with E-state index in [0.29, 0.717) is 43.2 Å². The minimum absolute atomic E-state index is 0.172. The van der Waals surface area contributed by atoms with Gasteiger partial charge in [-0.25, -0.2) is 0 Å². The number of benzene rings is 2. The molecule has 1 amide bonds. The number of ether oxygens (including phenoxy) is 4. The van der Waals surface area contributed by atoms with Gasteiger partial charge >= 0.3 is 0 Å². The predicted octanol–water partition coefficient (Wildman–Crippen LogP) is 2.45. The van der Waals surface area contributed by atoms with Crippen molar-refractivity contribution in [2.24, 2.45) is 0 Å². The summed E-state index contributed by atoms with van der Waals surface area (Å²) in [5.74, 6) is 2.51. The van der Waals surface area contributed by atoms with Gasteiger partial charge in [-0.2, -0.15) is 0 Å². The number of rotatable bonds is 6. The summed E-state index contributed by atoms with van der Waals surface area (Å²) < 4.78 is 21.5. The van der Waals surface area contributed by atoms with Crippen LogP contribution in [0.5, 0.6) is 23.0 Å². The van der Waals surface area contributed by atoms with Gasteiger partial charge in [-0.1, -0.05) is 6.07 Å². The van der Waals surface area contributed by atoms with Crippen molar-refractivity contribution in [3.63, 3.8) is 0 Å². The molecule has 6 heteroatoms. The van der Waals surface area contributed by atoms with Gasteiger partial charge in [0.1, 0.15) is 24.7 Å². The maximum absolute atomic E-state index is 12.3. The summed E-state index contributed by atoms with van der Waals surface area (Å²) in [6.45, 7) is 1.65. The van der Waals surface area contributed by atoms with Crippen molar-refractivity contribution in [3.05, 3.63) is 47.5 Å². The summed E-state index contributed by atoms with van der Waals surface area (Å²) in [7, 11) is 3.11. The van der Waals surface area contributed by atoms with E-state index in [1.54, 1.807) is 32.4 Å². The Labute approximate surface area is 146 Å². The first-order chi connectivity index (χ1) is 12.2. The first kappa shape index (κ1) is 17.0. The van der Waals surface area contributed by atoms with E-state index in [9.17, 15) is 4.79 Å². The Kier molecular flexibility index (Phi) is 5.28. The smallest absolute Gasteiger partial charge is 0.251 e. The molecule has 0 radical (unpaired) electrons. The zero-order valence-corrected chi connectivity index (χ0v) is 14.3. The fourth-order valence-corrected chi connectivity index (χ4v) is 2.60. The molecule has 0 bridgehead atoms. The van der Waals surface area contributed by atoms with E-state index < -0.39 is 0 Å². The van der Waals surface area contributed by atoms with Crippen LogP contribution in [-0.4, -0.2) is 39.9 Å². The van der Waals surface area contributed by atoms with Gasteiger partial charge in [0.05, 0.1) is 14.2 Å². The molecule has 0 unspecified atom stereocenters. The molecule has 0 aliphatic carbocycles. The molecule has 0 fully saturated rings. The first-order valence-electron chi connectivity index (χ1n) is 8.09. The molecule has 0 saturated heterocycles. The van der Waals surface area contributed by atoms with E-state index in [2.05, 4.69) is 5.32 Å². The van der Waals surface area contributed by atoms with Gasteiger partial charge < -0.3 is 24.3 Å². The largest absolute Gasteiger partial charge is 0.497 e. The molecule has 0 spiro atoms. The Bertz CT molecular complexity index is 737. The topological polar surface area (TPSA) is 66.0 Å². The van der Waals surface area contributed by atoms with E-state index in [-0.39, 0.29) is 5.91 Å². The van der Waals surface area contributed by atoms with Crippen LogP contribution < -0.4 is 24.3 Å². The number of carbonyl (C=O) groups excluding carboxylic acids is 1. The van der Waals surface area contributed by atoms with Gasteiger partial charge in [0, 0.05) is 18.2 Å². The number of nitrogens with one attached hydrogen (secondary N) is 1. The van der Waals surface area contributed by atoms with E-state index in [1.165, 1.54) is 0 Å². The highest BCUT2D eigenvalue weighted by Crippen LogP contribution is 2.30. The number of hydrogen-bond acceptors (Lipinski definition) is 5. The molecule has 0 aromatic heterocycles. The minimum Gasteiger partial charge on any atom is -0.497 e. The quantitative estimate of drug-likeness (QED) is 0.873. The van der Waals surface area contributed by atoms with Crippen LogP contribution in [0.1, 0.15) is 15.9 Å². The molecular weight excluding hydrogens is 322 g/mol. The average Bonchev–Trinajstić information content (AvgIpc) is 2.67. The Balaban J connectivity index is 1.59. The van der Waals surface area contributed by atoms with Gasteiger partial charge in [0.15, 0.2) is 11.5 Å².